The van der Waals surface area contributed by atoms with Crippen LogP contribution < -0.4 is 0 Å². The first-order chi connectivity index (χ1) is 10.0. The average molecular weight is 305 g/mol. The van der Waals surface area contributed by atoms with Gasteiger partial charge < -0.3 is 4.90 Å². The molecule has 2 aromatic rings. The monoisotopic (exact) mass is 305 g/mol. The second-order valence-corrected chi connectivity index (χ2v) is 6.51. The van der Waals surface area contributed by atoms with E-state index >= 15 is 0 Å². The Balaban J connectivity index is 1.77. The molecule has 0 radical (unpaired) electrons. The van der Waals surface area contributed by atoms with Crippen molar-refractivity contribution in [3.05, 3.63) is 27.7 Å². The molecule has 0 saturated carbocycles. The van der Waals surface area contributed by atoms with E-state index in [9.17, 15) is 4.79 Å². The zero-order valence-electron chi connectivity index (χ0n) is 12.5. The number of likely N-dealkylation sites (tertiary alicyclic amines) is 1. The molecule has 1 amide bonds. The maximum absolute atomic E-state index is 12.5. The van der Waals surface area contributed by atoms with Crippen LogP contribution in [0.2, 0.25) is 0 Å². The molecular weight excluding hydrogens is 286 g/mol. The zero-order valence-corrected chi connectivity index (χ0v) is 13.4. The summed E-state index contributed by atoms with van der Waals surface area (Å²) < 4.78 is 1.96. The highest BCUT2D eigenvalue weighted by molar-refractivity contribution is 7.09. The topological polar surface area (TPSA) is 63.9 Å². The Labute approximate surface area is 127 Å². The third-order valence-corrected chi connectivity index (χ3v) is 4.55. The van der Waals surface area contributed by atoms with Gasteiger partial charge in [-0.2, -0.15) is 5.10 Å². The van der Waals surface area contributed by atoms with Crippen LogP contribution in [0.3, 0.4) is 0 Å². The van der Waals surface area contributed by atoms with Gasteiger partial charge in [0.15, 0.2) is 0 Å². The van der Waals surface area contributed by atoms with Crippen molar-refractivity contribution in [1.29, 1.82) is 0 Å². The Morgan fingerprint density at radius 2 is 2.14 bits per heavy atom. The molecule has 7 heteroatoms. The minimum absolute atomic E-state index is 0.0264. The summed E-state index contributed by atoms with van der Waals surface area (Å²) in [7, 11) is 0. The van der Waals surface area contributed by atoms with Crippen LogP contribution in [0.4, 0.5) is 0 Å². The highest BCUT2D eigenvalue weighted by atomic mass is 32.1. The number of piperidine rings is 1. The zero-order chi connectivity index (χ0) is 15.0. The lowest BCUT2D eigenvalue weighted by molar-refractivity contribution is 0.0666. The first-order valence-corrected chi connectivity index (χ1v) is 8.03. The molecule has 21 heavy (non-hydrogen) atoms. The third kappa shape index (κ3) is 2.83. The first kappa shape index (κ1) is 14.2. The summed E-state index contributed by atoms with van der Waals surface area (Å²) in [6.45, 7) is 7.25. The molecule has 1 aliphatic heterocycles. The minimum Gasteiger partial charge on any atom is -0.335 e. The van der Waals surface area contributed by atoms with Gasteiger partial charge in [-0.05, 0) is 33.6 Å². The molecule has 0 N–H and O–H groups in total. The summed E-state index contributed by atoms with van der Waals surface area (Å²) in [4.78, 5) is 23.0. The van der Waals surface area contributed by atoms with Crippen molar-refractivity contribution in [2.75, 3.05) is 13.1 Å². The van der Waals surface area contributed by atoms with E-state index in [1.165, 1.54) is 11.3 Å². The van der Waals surface area contributed by atoms with Crippen molar-refractivity contribution in [3.8, 4) is 0 Å². The number of hydrogen-bond acceptors (Lipinski definition) is 5. The molecule has 0 spiro atoms. The Kier molecular flexibility index (Phi) is 3.75. The van der Waals surface area contributed by atoms with E-state index in [0.29, 0.717) is 12.2 Å². The summed E-state index contributed by atoms with van der Waals surface area (Å²) in [6.07, 6.45) is 2.02. The lowest BCUT2D eigenvalue weighted by Crippen LogP contribution is -2.41. The molecule has 0 bridgehead atoms. The number of rotatable bonds is 2. The summed E-state index contributed by atoms with van der Waals surface area (Å²) in [5.74, 6) is 1.72. The number of thiazole rings is 1. The SMILES string of the molecule is Cc1nc(C)n([C@H]2CCCN(C(=O)c3csc(C)n3)C2)n1. The van der Waals surface area contributed by atoms with Crippen LogP contribution in [0, 0.1) is 20.8 Å². The molecule has 112 valence electrons. The summed E-state index contributed by atoms with van der Waals surface area (Å²) >= 11 is 1.51. The highest BCUT2D eigenvalue weighted by Gasteiger charge is 2.28. The van der Waals surface area contributed by atoms with Crippen molar-refractivity contribution < 1.29 is 4.79 Å². The van der Waals surface area contributed by atoms with Crippen LogP contribution >= 0.6 is 11.3 Å². The number of aryl methyl sites for hydroxylation is 3. The van der Waals surface area contributed by atoms with Crippen LogP contribution in [0.1, 0.15) is 46.0 Å². The quantitative estimate of drug-likeness (QED) is 0.852. The Bertz CT molecular complexity index is 662. The minimum atomic E-state index is 0.0264. The van der Waals surface area contributed by atoms with E-state index in [0.717, 1.165) is 36.0 Å². The van der Waals surface area contributed by atoms with Gasteiger partial charge in [0, 0.05) is 18.5 Å². The Morgan fingerprint density at radius 3 is 2.76 bits per heavy atom. The van der Waals surface area contributed by atoms with Gasteiger partial charge in [0.25, 0.3) is 5.91 Å². The van der Waals surface area contributed by atoms with Gasteiger partial charge in [0.1, 0.15) is 17.3 Å². The molecule has 2 aromatic heterocycles. The number of nitrogens with zero attached hydrogens (tertiary/aromatic N) is 5. The van der Waals surface area contributed by atoms with Gasteiger partial charge in [-0.25, -0.2) is 14.6 Å². The predicted molar refractivity (Wildman–Crippen MR) is 80.5 cm³/mol. The van der Waals surface area contributed by atoms with E-state index in [4.69, 9.17) is 0 Å². The smallest absolute Gasteiger partial charge is 0.273 e. The number of carbonyl (C=O) groups excluding carboxylic acids is 1. The van der Waals surface area contributed by atoms with Crippen LogP contribution in [0.5, 0.6) is 0 Å². The third-order valence-electron chi connectivity index (χ3n) is 3.78. The molecule has 3 heterocycles. The average Bonchev–Trinajstić information content (AvgIpc) is 3.04. The first-order valence-electron chi connectivity index (χ1n) is 7.16. The van der Waals surface area contributed by atoms with Crippen molar-refractivity contribution in [3.63, 3.8) is 0 Å². The Hall–Kier alpha value is -1.76. The molecular formula is C14H19N5OS. The second kappa shape index (κ2) is 5.55. The summed E-state index contributed by atoms with van der Waals surface area (Å²) in [5.41, 5.74) is 0.560. The van der Waals surface area contributed by atoms with Crippen LogP contribution in [0.15, 0.2) is 5.38 Å². The van der Waals surface area contributed by atoms with E-state index < -0.39 is 0 Å². The second-order valence-electron chi connectivity index (χ2n) is 5.45. The van der Waals surface area contributed by atoms with E-state index in [1.807, 2.05) is 35.7 Å². The summed E-state index contributed by atoms with van der Waals surface area (Å²) in [6, 6.07) is 0.212. The van der Waals surface area contributed by atoms with Crippen LogP contribution in [-0.4, -0.2) is 43.6 Å². The largest absolute Gasteiger partial charge is 0.335 e. The van der Waals surface area contributed by atoms with Crippen LogP contribution in [-0.2, 0) is 0 Å². The van der Waals surface area contributed by atoms with Gasteiger partial charge in [0.05, 0.1) is 11.0 Å². The molecule has 1 aliphatic rings. The standard InChI is InChI=1S/C14H19N5OS/c1-9-15-10(2)19(17-9)12-5-4-6-18(7-12)14(20)13-8-21-11(3)16-13/h8,12H,4-7H2,1-3H3/t12-/m0/s1. The van der Waals surface area contributed by atoms with E-state index in [-0.39, 0.29) is 11.9 Å². The predicted octanol–water partition coefficient (Wildman–Crippen LogP) is 2.14. The van der Waals surface area contributed by atoms with Gasteiger partial charge in [-0.1, -0.05) is 0 Å². The number of amides is 1. The van der Waals surface area contributed by atoms with Crippen molar-refractivity contribution in [2.24, 2.45) is 0 Å². The molecule has 1 saturated heterocycles. The molecule has 3 rings (SSSR count). The molecule has 0 aromatic carbocycles. The maximum Gasteiger partial charge on any atom is 0.273 e. The van der Waals surface area contributed by atoms with E-state index in [2.05, 4.69) is 15.1 Å². The summed E-state index contributed by atoms with van der Waals surface area (Å²) in [5, 5.41) is 7.22. The normalized spacial score (nSPS) is 19.0. The van der Waals surface area contributed by atoms with Gasteiger partial charge in [0.2, 0.25) is 0 Å². The molecule has 1 fully saturated rings. The van der Waals surface area contributed by atoms with E-state index in [1.54, 1.807) is 0 Å². The number of aromatic nitrogens is 4. The molecule has 0 unspecified atom stereocenters. The highest BCUT2D eigenvalue weighted by Crippen LogP contribution is 2.23. The number of hydrogen-bond donors (Lipinski definition) is 0. The molecule has 0 aliphatic carbocycles. The Morgan fingerprint density at radius 1 is 1.33 bits per heavy atom. The molecule has 6 nitrogen and oxygen atoms in total. The fourth-order valence-electron chi connectivity index (χ4n) is 2.84. The lowest BCUT2D eigenvalue weighted by Gasteiger charge is -2.32. The maximum atomic E-state index is 12.5. The van der Waals surface area contributed by atoms with Gasteiger partial charge in [-0.3, -0.25) is 4.79 Å². The van der Waals surface area contributed by atoms with Crippen molar-refractivity contribution in [2.45, 2.75) is 39.7 Å². The van der Waals surface area contributed by atoms with Crippen LogP contribution in [0.25, 0.3) is 0 Å². The molecule has 1 atom stereocenters. The fourth-order valence-corrected chi connectivity index (χ4v) is 3.43. The number of carbonyl (C=O) groups is 1. The van der Waals surface area contributed by atoms with Gasteiger partial charge in [-0.15, -0.1) is 11.3 Å². The van der Waals surface area contributed by atoms with Gasteiger partial charge >= 0.3 is 0 Å². The lowest BCUT2D eigenvalue weighted by atomic mass is 10.1. The fraction of sp³-hybridized carbons (Fsp3) is 0.571. The van der Waals surface area contributed by atoms with Crippen molar-refractivity contribution >= 4 is 17.2 Å². The van der Waals surface area contributed by atoms with Crippen molar-refractivity contribution in [1.82, 2.24) is 24.6 Å².